The molecule has 4 aromatic heterocycles. The average molecular weight is 486 g/mol. The Bertz CT molecular complexity index is 1620. The molecule has 4 heterocycles. The van der Waals surface area contributed by atoms with Crippen LogP contribution >= 0.6 is 0 Å². The second-order valence-corrected chi connectivity index (χ2v) is 7.95. The highest BCUT2D eigenvalue weighted by molar-refractivity contribution is 5.98. The Morgan fingerprint density at radius 1 is 1.17 bits per heavy atom. The first-order valence-corrected chi connectivity index (χ1v) is 10.5. The van der Waals surface area contributed by atoms with E-state index in [9.17, 15) is 22.4 Å². The van der Waals surface area contributed by atoms with Gasteiger partial charge in [-0.3, -0.25) is 9.20 Å². The third kappa shape index (κ3) is 3.78. The number of nitrogen functional groups attached to an aromatic ring is 1. The van der Waals surface area contributed by atoms with E-state index in [-0.39, 0.29) is 35.6 Å². The van der Waals surface area contributed by atoms with Crippen molar-refractivity contribution in [2.45, 2.75) is 26.6 Å². The quantitative estimate of drug-likeness (QED) is 0.389. The molecule has 0 aliphatic carbocycles. The zero-order valence-electron chi connectivity index (χ0n) is 18.5. The summed E-state index contributed by atoms with van der Waals surface area (Å²) in [6, 6.07) is 2.52. The minimum absolute atomic E-state index is 0.0462. The molecule has 0 saturated carbocycles. The standard InChI is InChI=1S/C22H18F4N8O/c1-3-32(7-12-8-33-9-17(22(24,25)26)28-6-18(33)30-12)21(35)13-4-16-15(5-14(13)23)31-20(27)19-11(2)29-10-34(16)19/h4-6,8-10H,3,7H2,1-2H3,(H2,27,31). The summed E-state index contributed by atoms with van der Waals surface area (Å²) < 4.78 is 56.7. The minimum atomic E-state index is -4.60. The van der Waals surface area contributed by atoms with Crippen molar-refractivity contribution in [2.24, 2.45) is 0 Å². The molecule has 0 atom stereocenters. The summed E-state index contributed by atoms with van der Waals surface area (Å²) in [4.78, 5) is 30.7. The fraction of sp³-hybridized carbons (Fsp3) is 0.227. The van der Waals surface area contributed by atoms with Crippen molar-refractivity contribution in [1.29, 1.82) is 0 Å². The maximum Gasteiger partial charge on any atom is 0.434 e. The fourth-order valence-electron chi connectivity index (χ4n) is 3.98. The van der Waals surface area contributed by atoms with Gasteiger partial charge in [0.15, 0.2) is 11.3 Å². The Labute approximate surface area is 194 Å². The van der Waals surface area contributed by atoms with Gasteiger partial charge in [-0.05, 0) is 19.9 Å². The molecular weight excluding hydrogens is 468 g/mol. The normalized spacial score (nSPS) is 12.2. The molecule has 0 fully saturated rings. The number of carbonyl (C=O) groups excluding carboxylic acids is 1. The average Bonchev–Trinajstić information content (AvgIpc) is 3.39. The first-order valence-electron chi connectivity index (χ1n) is 10.5. The second kappa shape index (κ2) is 7.89. The number of rotatable bonds is 4. The van der Waals surface area contributed by atoms with Gasteiger partial charge in [0.05, 0.1) is 40.7 Å². The van der Waals surface area contributed by atoms with Crippen molar-refractivity contribution >= 4 is 33.9 Å². The van der Waals surface area contributed by atoms with Crippen LogP contribution in [0.4, 0.5) is 23.4 Å². The fourth-order valence-corrected chi connectivity index (χ4v) is 3.98. The van der Waals surface area contributed by atoms with E-state index in [0.29, 0.717) is 22.4 Å². The monoisotopic (exact) mass is 486 g/mol. The number of fused-ring (bicyclic) bond motifs is 4. The lowest BCUT2D eigenvalue weighted by Gasteiger charge is -2.20. The topological polar surface area (TPSA) is 107 Å². The zero-order valence-corrected chi connectivity index (χ0v) is 18.5. The molecule has 0 spiro atoms. The molecule has 2 N–H and O–H groups in total. The van der Waals surface area contributed by atoms with Gasteiger partial charge >= 0.3 is 6.18 Å². The Morgan fingerprint density at radius 3 is 2.66 bits per heavy atom. The van der Waals surface area contributed by atoms with Gasteiger partial charge in [0.2, 0.25) is 0 Å². The maximum atomic E-state index is 15.0. The number of aryl methyl sites for hydroxylation is 1. The number of nitrogens with two attached hydrogens (primary N) is 1. The summed E-state index contributed by atoms with van der Waals surface area (Å²) in [7, 11) is 0. The molecule has 1 amide bonds. The number of aromatic nitrogens is 6. The number of hydrogen-bond donors (Lipinski definition) is 1. The van der Waals surface area contributed by atoms with Gasteiger partial charge in [-0.1, -0.05) is 0 Å². The van der Waals surface area contributed by atoms with Crippen molar-refractivity contribution in [3.63, 3.8) is 0 Å². The van der Waals surface area contributed by atoms with Gasteiger partial charge in [-0.2, -0.15) is 13.2 Å². The summed E-state index contributed by atoms with van der Waals surface area (Å²) in [5.41, 5.74) is 7.16. The lowest BCUT2D eigenvalue weighted by Crippen LogP contribution is -2.31. The van der Waals surface area contributed by atoms with Gasteiger partial charge in [-0.25, -0.2) is 24.3 Å². The molecular formula is C22H18F4N8O. The number of hydrogen-bond acceptors (Lipinski definition) is 6. The van der Waals surface area contributed by atoms with Crippen LogP contribution in [0.2, 0.25) is 0 Å². The van der Waals surface area contributed by atoms with Gasteiger partial charge < -0.3 is 15.0 Å². The van der Waals surface area contributed by atoms with Crippen LogP contribution in [0.15, 0.2) is 37.1 Å². The SMILES string of the molecule is CCN(Cc1cn2cc(C(F)(F)F)ncc2n1)C(=O)c1cc2c(cc1F)nc(N)c1c(C)ncn12. The van der Waals surface area contributed by atoms with E-state index in [0.717, 1.165) is 18.5 Å². The van der Waals surface area contributed by atoms with Crippen LogP contribution in [0.3, 0.4) is 0 Å². The summed E-state index contributed by atoms with van der Waals surface area (Å²) in [5.74, 6) is -1.20. The molecule has 0 unspecified atom stereocenters. The number of carbonyl (C=O) groups is 1. The van der Waals surface area contributed by atoms with Crippen molar-refractivity contribution in [2.75, 3.05) is 12.3 Å². The lowest BCUT2D eigenvalue weighted by atomic mass is 10.1. The van der Waals surface area contributed by atoms with Crippen LogP contribution in [0.25, 0.3) is 22.2 Å². The largest absolute Gasteiger partial charge is 0.434 e. The highest BCUT2D eigenvalue weighted by atomic mass is 19.4. The van der Waals surface area contributed by atoms with Gasteiger partial charge in [0.1, 0.15) is 23.5 Å². The van der Waals surface area contributed by atoms with Crippen LogP contribution < -0.4 is 5.73 Å². The van der Waals surface area contributed by atoms with Gasteiger partial charge in [0, 0.05) is 25.0 Å². The molecule has 0 aliphatic rings. The van der Waals surface area contributed by atoms with Crippen molar-refractivity contribution in [3.05, 3.63) is 65.5 Å². The molecule has 1 aromatic carbocycles. The Kier molecular flexibility index (Phi) is 5.07. The highest BCUT2D eigenvalue weighted by Gasteiger charge is 2.33. The highest BCUT2D eigenvalue weighted by Crippen LogP contribution is 2.28. The van der Waals surface area contributed by atoms with Crippen LogP contribution in [0, 0.1) is 12.7 Å². The summed E-state index contributed by atoms with van der Waals surface area (Å²) in [5, 5.41) is 0. The van der Waals surface area contributed by atoms with Crippen LogP contribution in [0.5, 0.6) is 0 Å². The number of halogens is 4. The molecule has 0 saturated heterocycles. The number of alkyl halides is 3. The number of anilines is 1. The predicted octanol–water partition coefficient (Wildman–Crippen LogP) is 3.64. The van der Waals surface area contributed by atoms with Crippen LogP contribution in [0.1, 0.15) is 34.4 Å². The number of amides is 1. The number of nitrogens with zero attached hydrogens (tertiary/aromatic N) is 7. The summed E-state index contributed by atoms with van der Waals surface area (Å²) in [6.07, 6.45) is 0.128. The molecule has 0 bridgehead atoms. The van der Waals surface area contributed by atoms with E-state index in [1.807, 2.05) is 0 Å². The van der Waals surface area contributed by atoms with E-state index in [1.54, 1.807) is 18.2 Å². The van der Waals surface area contributed by atoms with Crippen LogP contribution in [-0.2, 0) is 12.7 Å². The number of imidazole rings is 2. The Morgan fingerprint density at radius 2 is 1.94 bits per heavy atom. The van der Waals surface area contributed by atoms with E-state index in [4.69, 9.17) is 5.73 Å². The maximum absolute atomic E-state index is 15.0. The molecule has 13 heteroatoms. The van der Waals surface area contributed by atoms with E-state index in [2.05, 4.69) is 19.9 Å². The first-order chi connectivity index (χ1) is 16.6. The zero-order chi connectivity index (χ0) is 25.1. The van der Waals surface area contributed by atoms with Gasteiger partial charge in [-0.15, -0.1) is 0 Å². The Balaban J connectivity index is 1.51. The molecule has 0 aliphatic heterocycles. The van der Waals surface area contributed by atoms with Crippen LogP contribution in [-0.4, -0.2) is 46.1 Å². The molecule has 5 aromatic rings. The summed E-state index contributed by atoms with van der Waals surface area (Å²) >= 11 is 0. The third-order valence-corrected chi connectivity index (χ3v) is 5.69. The predicted molar refractivity (Wildman–Crippen MR) is 118 cm³/mol. The molecule has 5 rings (SSSR count). The second-order valence-electron chi connectivity index (χ2n) is 7.95. The molecule has 35 heavy (non-hydrogen) atoms. The van der Waals surface area contributed by atoms with Crippen molar-refractivity contribution in [1.82, 2.24) is 33.6 Å². The smallest absolute Gasteiger partial charge is 0.382 e. The minimum Gasteiger partial charge on any atom is -0.382 e. The third-order valence-electron chi connectivity index (χ3n) is 5.69. The molecule has 180 valence electrons. The van der Waals surface area contributed by atoms with Crippen molar-refractivity contribution < 1.29 is 22.4 Å². The Hall–Kier alpha value is -4.29. The summed E-state index contributed by atoms with van der Waals surface area (Å²) in [6.45, 7) is 3.62. The van der Waals surface area contributed by atoms with Crippen molar-refractivity contribution in [3.8, 4) is 0 Å². The van der Waals surface area contributed by atoms with E-state index < -0.39 is 23.6 Å². The van der Waals surface area contributed by atoms with Gasteiger partial charge in [0.25, 0.3) is 5.91 Å². The first kappa shape index (κ1) is 22.5. The molecule has 9 nitrogen and oxygen atoms in total. The lowest BCUT2D eigenvalue weighted by molar-refractivity contribution is -0.141. The molecule has 0 radical (unpaired) electrons. The van der Waals surface area contributed by atoms with E-state index >= 15 is 0 Å². The number of benzene rings is 1. The van der Waals surface area contributed by atoms with E-state index in [1.165, 1.54) is 27.9 Å².